The minimum atomic E-state index is -0.442. The SMILES string of the molecule is CCOC(=O)c1ccnc(NCCCn2ccnn2)c1N. The van der Waals surface area contributed by atoms with E-state index in [-0.39, 0.29) is 0 Å². The van der Waals surface area contributed by atoms with Crippen LogP contribution in [0.2, 0.25) is 0 Å². The molecule has 2 aromatic heterocycles. The second kappa shape index (κ2) is 7.22. The number of rotatable bonds is 7. The summed E-state index contributed by atoms with van der Waals surface area (Å²) in [6.45, 7) is 3.45. The molecule has 8 nitrogen and oxygen atoms in total. The van der Waals surface area contributed by atoms with Crippen LogP contribution in [0.25, 0.3) is 0 Å². The van der Waals surface area contributed by atoms with E-state index in [9.17, 15) is 4.79 Å². The van der Waals surface area contributed by atoms with Gasteiger partial charge >= 0.3 is 5.97 Å². The Kier molecular flexibility index (Phi) is 5.08. The summed E-state index contributed by atoms with van der Waals surface area (Å²) in [6, 6.07) is 1.55. The molecular weight excluding hydrogens is 272 g/mol. The first-order valence-electron chi connectivity index (χ1n) is 6.72. The Morgan fingerprint density at radius 3 is 3.05 bits per heavy atom. The lowest BCUT2D eigenvalue weighted by molar-refractivity contribution is 0.0527. The zero-order chi connectivity index (χ0) is 15.1. The van der Waals surface area contributed by atoms with Crippen molar-refractivity contribution in [1.29, 1.82) is 0 Å². The predicted molar refractivity (Wildman–Crippen MR) is 77.7 cm³/mol. The number of pyridine rings is 1. The molecule has 2 heterocycles. The van der Waals surface area contributed by atoms with E-state index in [4.69, 9.17) is 10.5 Å². The van der Waals surface area contributed by atoms with Crippen molar-refractivity contribution in [2.75, 3.05) is 24.2 Å². The lowest BCUT2D eigenvalue weighted by Gasteiger charge is -2.11. The van der Waals surface area contributed by atoms with E-state index in [0.29, 0.717) is 30.2 Å². The normalized spacial score (nSPS) is 10.3. The summed E-state index contributed by atoms with van der Waals surface area (Å²) in [5, 5.41) is 10.7. The second-order valence-electron chi connectivity index (χ2n) is 4.29. The van der Waals surface area contributed by atoms with Gasteiger partial charge in [0, 0.05) is 25.5 Å². The van der Waals surface area contributed by atoms with Gasteiger partial charge in [0.05, 0.1) is 24.1 Å². The van der Waals surface area contributed by atoms with Crippen molar-refractivity contribution < 1.29 is 9.53 Å². The van der Waals surface area contributed by atoms with Crippen LogP contribution in [0.4, 0.5) is 11.5 Å². The second-order valence-corrected chi connectivity index (χ2v) is 4.29. The Morgan fingerprint density at radius 2 is 2.33 bits per heavy atom. The van der Waals surface area contributed by atoms with Crippen molar-refractivity contribution in [2.24, 2.45) is 0 Å². The van der Waals surface area contributed by atoms with Gasteiger partial charge in [-0.2, -0.15) is 0 Å². The maximum Gasteiger partial charge on any atom is 0.340 e. The van der Waals surface area contributed by atoms with Crippen LogP contribution >= 0.6 is 0 Å². The summed E-state index contributed by atoms with van der Waals surface area (Å²) in [6.07, 6.45) is 5.79. The Balaban J connectivity index is 1.91. The number of aryl methyl sites for hydroxylation is 1. The number of nitrogens with zero attached hydrogens (tertiary/aromatic N) is 4. The molecule has 0 fully saturated rings. The highest BCUT2D eigenvalue weighted by Gasteiger charge is 2.14. The Morgan fingerprint density at radius 1 is 1.48 bits per heavy atom. The molecule has 0 aliphatic rings. The molecular formula is C13H18N6O2. The molecule has 0 bridgehead atoms. The lowest BCUT2D eigenvalue weighted by Crippen LogP contribution is -2.13. The van der Waals surface area contributed by atoms with E-state index in [2.05, 4.69) is 20.6 Å². The van der Waals surface area contributed by atoms with Crippen LogP contribution in [0.3, 0.4) is 0 Å². The molecule has 3 N–H and O–H groups in total. The average Bonchev–Trinajstić information content (AvgIpc) is 2.98. The van der Waals surface area contributed by atoms with Crippen molar-refractivity contribution in [3.63, 3.8) is 0 Å². The largest absolute Gasteiger partial charge is 0.462 e. The van der Waals surface area contributed by atoms with Gasteiger partial charge in [0.1, 0.15) is 5.82 Å². The van der Waals surface area contributed by atoms with Crippen molar-refractivity contribution >= 4 is 17.5 Å². The molecule has 0 aliphatic carbocycles. The summed E-state index contributed by atoms with van der Waals surface area (Å²) in [4.78, 5) is 15.9. The van der Waals surface area contributed by atoms with Crippen LogP contribution in [0.5, 0.6) is 0 Å². The van der Waals surface area contributed by atoms with Crippen LogP contribution in [0.15, 0.2) is 24.7 Å². The highest BCUT2D eigenvalue weighted by Crippen LogP contribution is 2.20. The maximum atomic E-state index is 11.7. The quantitative estimate of drug-likeness (QED) is 0.577. The monoisotopic (exact) mass is 290 g/mol. The van der Waals surface area contributed by atoms with E-state index in [1.807, 2.05) is 0 Å². The molecule has 0 saturated carbocycles. The van der Waals surface area contributed by atoms with Crippen LogP contribution in [-0.2, 0) is 11.3 Å². The van der Waals surface area contributed by atoms with Crippen molar-refractivity contribution in [3.05, 3.63) is 30.2 Å². The molecule has 21 heavy (non-hydrogen) atoms. The van der Waals surface area contributed by atoms with E-state index in [1.165, 1.54) is 6.20 Å². The zero-order valence-electron chi connectivity index (χ0n) is 11.8. The fourth-order valence-corrected chi connectivity index (χ4v) is 1.80. The number of esters is 1. The van der Waals surface area contributed by atoms with Gasteiger partial charge in [0.15, 0.2) is 0 Å². The fraction of sp³-hybridized carbons (Fsp3) is 0.385. The minimum Gasteiger partial charge on any atom is -0.462 e. The van der Waals surface area contributed by atoms with E-state index < -0.39 is 5.97 Å². The molecule has 0 unspecified atom stereocenters. The smallest absolute Gasteiger partial charge is 0.340 e. The van der Waals surface area contributed by atoms with Crippen molar-refractivity contribution in [1.82, 2.24) is 20.0 Å². The van der Waals surface area contributed by atoms with Crippen LogP contribution in [0.1, 0.15) is 23.7 Å². The Bertz CT molecular complexity index is 584. The van der Waals surface area contributed by atoms with Gasteiger partial charge in [0.25, 0.3) is 0 Å². The van der Waals surface area contributed by atoms with E-state index >= 15 is 0 Å². The van der Waals surface area contributed by atoms with Gasteiger partial charge < -0.3 is 15.8 Å². The predicted octanol–water partition coefficient (Wildman–Crippen LogP) is 0.934. The number of nitrogens with two attached hydrogens (primary N) is 1. The van der Waals surface area contributed by atoms with Crippen LogP contribution in [0, 0.1) is 0 Å². The van der Waals surface area contributed by atoms with Gasteiger partial charge in [-0.1, -0.05) is 5.21 Å². The third-order valence-corrected chi connectivity index (χ3v) is 2.81. The molecule has 0 saturated heterocycles. The van der Waals surface area contributed by atoms with Gasteiger partial charge in [0.2, 0.25) is 0 Å². The molecule has 0 amide bonds. The minimum absolute atomic E-state index is 0.303. The standard InChI is InChI=1S/C13H18N6O2/c1-2-21-13(20)10-4-6-16-12(11(10)14)15-5-3-8-19-9-7-17-18-19/h4,6-7,9H,2-3,5,8,14H2,1H3,(H,15,16). The average molecular weight is 290 g/mol. The number of aromatic nitrogens is 4. The van der Waals surface area contributed by atoms with Gasteiger partial charge in [-0.15, -0.1) is 5.10 Å². The van der Waals surface area contributed by atoms with E-state index in [0.717, 1.165) is 13.0 Å². The first kappa shape index (κ1) is 14.8. The summed E-state index contributed by atoms with van der Waals surface area (Å²) < 4.78 is 6.69. The highest BCUT2D eigenvalue weighted by molar-refractivity contribution is 5.97. The van der Waals surface area contributed by atoms with Gasteiger partial charge in [-0.25, -0.2) is 9.78 Å². The molecule has 0 aromatic carbocycles. The number of ether oxygens (including phenoxy) is 1. The van der Waals surface area contributed by atoms with Crippen molar-refractivity contribution in [3.8, 4) is 0 Å². The first-order valence-corrected chi connectivity index (χ1v) is 6.72. The molecule has 112 valence electrons. The lowest BCUT2D eigenvalue weighted by atomic mass is 10.2. The molecule has 2 rings (SSSR count). The molecule has 0 aliphatic heterocycles. The third-order valence-electron chi connectivity index (χ3n) is 2.81. The number of nitrogens with one attached hydrogen (secondary N) is 1. The van der Waals surface area contributed by atoms with Crippen LogP contribution in [-0.4, -0.2) is 39.1 Å². The number of carbonyl (C=O) groups is 1. The van der Waals surface area contributed by atoms with E-state index in [1.54, 1.807) is 30.1 Å². The third kappa shape index (κ3) is 3.91. The topological polar surface area (TPSA) is 108 Å². The van der Waals surface area contributed by atoms with Crippen LogP contribution < -0.4 is 11.1 Å². The van der Waals surface area contributed by atoms with Crippen molar-refractivity contribution in [2.45, 2.75) is 19.9 Å². The number of anilines is 2. The number of nitrogen functional groups attached to an aromatic ring is 1. The summed E-state index contributed by atoms with van der Waals surface area (Å²) in [5.74, 6) is 0.0437. The molecule has 0 spiro atoms. The molecule has 0 atom stereocenters. The zero-order valence-corrected chi connectivity index (χ0v) is 11.8. The number of carbonyl (C=O) groups excluding carboxylic acids is 1. The Labute approximate surface area is 122 Å². The van der Waals surface area contributed by atoms with Gasteiger partial charge in [-0.05, 0) is 19.4 Å². The number of hydrogen-bond donors (Lipinski definition) is 2. The van der Waals surface area contributed by atoms with Gasteiger partial charge in [-0.3, -0.25) is 4.68 Å². The first-order chi connectivity index (χ1) is 10.2. The molecule has 0 radical (unpaired) electrons. The summed E-state index contributed by atoms with van der Waals surface area (Å²) >= 11 is 0. The summed E-state index contributed by atoms with van der Waals surface area (Å²) in [5.41, 5.74) is 6.57. The summed E-state index contributed by atoms with van der Waals surface area (Å²) in [7, 11) is 0. The highest BCUT2D eigenvalue weighted by atomic mass is 16.5. The molecule has 8 heteroatoms. The molecule has 2 aromatic rings. The fourth-order valence-electron chi connectivity index (χ4n) is 1.80. The maximum absolute atomic E-state index is 11.7. The Hall–Kier alpha value is -2.64. The number of hydrogen-bond acceptors (Lipinski definition) is 7.